The Bertz CT molecular complexity index is 355. The van der Waals surface area contributed by atoms with Crippen molar-refractivity contribution in [3.63, 3.8) is 0 Å². The van der Waals surface area contributed by atoms with E-state index in [-0.39, 0.29) is 0 Å². The molecule has 1 fully saturated rings. The van der Waals surface area contributed by atoms with Crippen molar-refractivity contribution < 1.29 is 0 Å². The van der Waals surface area contributed by atoms with Crippen LogP contribution in [0, 0.1) is 6.92 Å². The van der Waals surface area contributed by atoms with Gasteiger partial charge in [0.05, 0.1) is 0 Å². The highest BCUT2D eigenvalue weighted by Gasteiger charge is 2.12. The molecule has 0 aromatic carbocycles. The Morgan fingerprint density at radius 1 is 1.33 bits per heavy atom. The van der Waals surface area contributed by atoms with Gasteiger partial charge in [0.2, 0.25) is 0 Å². The van der Waals surface area contributed by atoms with E-state index in [1.807, 2.05) is 11.3 Å². The van der Waals surface area contributed by atoms with Crippen LogP contribution in [0.3, 0.4) is 0 Å². The van der Waals surface area contributed by atoms with E-state index in [9.17, 15) is 0 Å². The molecular formula is C14H24N2S2. The number of hydrogen-bond donors (Lipinski definition) is 1. The van der Waals surface area contributed by atoms with Gasteiger partial charge in [-0.05, 0) is 43.8 Å². The van der Waals surface area contributed by atoms with Crippen LogP contribution in [0.1, 0.15) is 28.7 Å². The number of nitrogens with zero attached hydrogens (tertiary/aromatic N) is 1. The first-order chi connectivity index (χ1) is 8.79. The quantitative estimate of drug-likeness (QED) is 0.894. The van der Waals surface area contributed by atoms with Crippen LogP contribution in [0.2, 0.25) is 0 Å². The summed E-state index contributed by atoms with van der Waals surface area (Å²) in [5, 5.41) is 3.41. The minimum atomic E-state index is 1.03. The third-order valence-electron chi connectivity index (χ3n) is 3.33. The minimum absolute atomic E-state index is 1.03. The Morgan fingerprint density at radius 3 is 3.06 bits per heavy atom. The first-order valence-corrected chi connectivity index (χ1v) is 8.85. The van der Waals surface area contributed by atoms with Gasteiger partial charge in [-0.3, -0.25) is 4.90 Å². The second-order valence-corrected chi connectivity index (χ2v) is 7.38. The molecule has 0 radical (unpaired) electrons. The summed E-state index contributed by atoms with van der Waals surface area (Å²) in [6.45, 7) is 10.2. The molecule has 1 aromatic rings. The van der Waals surface area contributed by atoms with Gasteiger partial charge in [-0.1, -0.05) is 6.92 Å². The van der Waals surface area contributed by atoms with Gasteiger partial charge >= 0.3 is 0 Å². The standard InChI is InChI=1S/C14H24N2S2/c1-3-15-10-14-9-13(12(2)18-14)11-16-5-4-7-17-8-6-16/h9,15H,3-8,10-11H2,1-2H3. The second kappa shape index (κ2) is 7.53. The van der Waals surface area contributed by atoms with Crippen LogP contribution in [-0.4, -0.2) is 36.0 Å². The Balaban J connectivity index is 1.92. The van der Waals surface area contributed by atoms with Crippen molar-refractivity contribution in [2.24, 2.45) is 0 Å². The zero-order valence-corrected chi connectivity index (χ0v) is 13.1. The largest absolute Gasteiger partial charge is 0.312 e. The zero-order chi connectivity index (χ0) is 12.8. The minimum Gasteiger partial charge on any atom is -0.312 e. The van der Waals surface area contributed by atoms with Crippen molar-refractivity contribution >= 4 is 23.1 Å². The third kappa shape index (κ3) is 4.26. The molecule has 1 N–H and O–H groups in total. The Morgan fingerprint density at radius 2 is 2.22 bits per heavy atom. The number of aryl methyl sites for hydroxylation is 1. The Hall–Kier alpha value is -0.0300. The molecule has 0 saturated carbocycles. The Kier molecular flexibility index (Phi) is 6.02. The fourth-order valence-corrected chi connectivity index (χ4v) is 4.22. The molecule has 18 heavy (non-hydrogen) atoms. The summed E-state index contributed by atoms with van der Waals surface area (Å²) >= 11 is 4.06. The topological polar surface area (TPSA) is 15.3 Å². The average molecular weight is 284 g/mol. The number of rotatable bonds is 5. The highest BCUT2D eigenvalue weighted by Crippen LogP contribution is 2.23. The number of thiophene rings is 1. The number of hydrogen-bond acceptors (Lipinski definition) is 4. The van der Waals surface area contributed by atoms with Crippen molar-refractivity contribution in [3.8, 4) is 0 Å². The monoisotopic (exact) mass is 284 g/mol. The van der Waals surface area contributed by atoms with E-state index >= 15 is 0 Å². The van der Waals surface area contributed by atoms with Crippen LogP contribution in [0.15, 0.2) is 6.07 Å². The average Bonchev–Trinajstić information content (AvgIpc) is 2.57. The summed E-state index contributed by atoms with van der Waals surface area (Å²) in [6, 6.07) is 2.40. The maximum atomic E-state index is 3.41. The van der Waals surface area contributed by atoms with Gasteiger partial charge in [-0.2, -0.15) is 11.8 Å². The van der Waals surface area contributed by atoms with Crippen LogP contribution < -0.4 is 5.32 Å². The molecule has 0 amide bonds. The van der Waals surface area contributed by atoms with Crippen LogP contribution in [0.4, 0.5) is 0 Å². The predicted octanol–water partition coefficient (Wildman–Crippen LogP) is 3.10. The molecule has 1 aliphatic rings. The second-order valence-electron chi connectivity index (χ2n) is 4.82. The van der Waals surface area contributed by atoms with Gasteiger partial charge in [-0.25, -0.2) is 0 Å². The molecule has 4 heteroatoms. The molecule has 2 rings (SSSR count). The first-order valence-electron chi connectivity index (χ1n) is 6.88. The molecule has 0 unspecified atom stereocenters. The van der Waals surface area contributed by atoms with E-state index in [4.69, 9.17) is 0 Å². The number of nitrogens with one attached hydrogen (secondary N) is 1. The fourth-order valence-electron chi connectivity index (χ4n) is 2.28. The Labute approximate surface area is 119 Å². The molecule has 1 aliphatic heterocycles. The zero-order valence-electron chi connectivity index (χ0n) is 11.5. The molecule has 0 atom stereocenters. The lowest BCUT2D eigenvalue weighted by atomic mass is 10.2. The molecule has 1 saturated heterocycles. The van der Waals surface area contributed by atoms with E-state index in [0.29, 0.717) is 0 Å². The maximum absolute atomic E-state index is 3.41. The SMILES string of the molecule is CCNCc1cc(CN2CCCSCC2)c(C)s1. The van der Waals surface area contributed by atoms with Gasteiger partial charge in [-0.15, -0.1) is 11.3 Å². The highest BCUT2D eigenvalue weighted by molar-refractivity contribution is 7.99. The molecule has 1 aromatic heterocycles. The van der Waals surface area contributed by atoms with E-state index in [1.165, 1.54) is 40.8 Å². The van der Waals surface area contributed by atoms with E-state index < -0.39 is 0 Å². The molecule has 102 valence electrons. The lowest BCUT2D eigenvalue weighted by Gasteiger charge is -2.19. The van der Waals surface area contributed by atoms with Gasteiger partial charge < -0.3 is 5.32 Å². The van der Waals surface area contributed by atoms with Crippen LogP contribution >= 0.6 is 23.1 Å². The normalized spacial score (nSPS) is 17.9. The smallest absolute Gasteiger partial charge is 0.0299 e. The fraction of sp³-hybridized carbons (Fsp3) is 0.714. The molecular weight excluding hydrogens is 260 g/mol. The van der Waals surface area contributed by atoms with Crippen molar-refractivity contribution in [3.05, 3.63) is 21.4 Å². The summed E-state index contributed by atoms with van der Waals surface area (Å²) in [5.74, 6) is 2.64. The van der Waals surface area contributed by atoms with Crippen molar-refractivity contribution in [2.45, 2.75) is 33.4 Å². The van der Waals surface area contributed by atoms with Crippen molar-refractivity contribution in [2.75, 3.05) is 31.1 Å². The van der Waals surface area contributed by atoms with Crippen LogP contribution in [-0.2, 0) is 13.1 Å². The van der Waals surface area contributed by atoms with Crippen molar-refractivity contribution in [1.29, 1.82) is 0 Å². The highest BCUT2D eigenvalue weighted by atomic mass is 32.2. The number of thioether (sulfide) groups is 1. The molecule has 0 aliphatic carbocycles. The van der Waals surface area contributed by atoms with Crippen LogP contribution in [0.5, 0.6) is 0 Å². The van der Waals surface area contributed by atoms with E-state index in [0.717, 1.165) is 19.6 Å². The third-order valence-corrected chi connectivity index (χ3v) is 5.47. The summed E-state index contributed by atoms with van der Waals surface area (Å²) in [7, 11) is 0. The van der Waals surface area contributed by atoms with E-state index in [2.05, 4.69) is 41.9 Å². The molecule has 2 nitrogen and oxygen atoms in total. The summed E-state index contributed by atoms with van der Waals surface area (Å²) < 4.78 is 0. The first kappa shape index (κ1) is 14.4. The summed E-state index contributed by atoms with van der Waals surface area (Å²) in [6.07, 6.45) is 1.35. The summed E-state index contributed by atoms with van der Waals surface area (Å²) in [4.78, 5) is 5.60. The molecule has 0 bridgehead atoms. The lowest BCUT2D eigenvalue weighted by Crippen LogP contribution is -2.25. The molecule has 2 heterocycles. The summed E-state index contributed by atoms with van der Waals surface area (Å²) in [5.41, 5.74) is 1.54. The van der Waals surface area contributed by atoms with Gasteiger partial charge in [0.1, 0.15) is 0 Å². The van der Waals surface area contributed by atoms with Crippen molar-refractivity contribution in [1.82, 2.24) is 10.2 Å². The van der Waals surface area contributed by atoms with Crippen LogP contribution in [0.25, 0.3) is 0 Å². The molecule has 0 spiro atoms. The van der Waals surface area contributed by atoms with Gasteiger partial charge in [0.15, 0.2) is 0 Å². The van der Waals surface area contributed by atoms with E-state index in [1.54, 1.807) is 5.56 Å². The maximum Gasteiger partial charge on any atom is 0.0299 e. The predicted molar refractivity (Wildman–Crippen MR) is 83.7 cm³/mol. The van der Waals surface area contributed by atoms with Gasteiger partial charge in [0.25, 0.3) is 0 Å². The lowest BCUT2D eigenvalue weighted by molar-refractivity contribution is 0.287. The van der Waals surface area contributed by atoms with Gasteiger partial charge in [0, 0.05) is 35.1 Å².